The maximum atomic E-state index is 13.2. The number of anilines is 1. The summed E-state index contributed by atoms with van der Waals surface area (Å²) in [5.74, 6) is 0.891. The van der Waals surface area contributed by atoms with Gasteiger partial charge in [-0.05, 0) is 48.6 Å². The number of amides is 1. The van der Waals surface area contributed by atoms with Gasteiger partial charge in [-0.15, -0.1) is 0 Å². The molecule has 144 valence electrons. The van der Waals surface area contributed by atoms with Crippen LogP contribution in [0.2, 0.25) is 5.02 Å². The quantitative estimate of drug-likeness (QED) is 0.540. The molecule has 1 atom stereocenters. The average molecular weight is 394 g/mol. The summed E-state index contributed by atoms with van der Waals surface area (Å²) in [6.45, 7) is 0. The average Bonchev–Trinajstić information content (AvgIpc) is 2.74. The van der Waals surface area contributed by atoms with Crippen molar-refractivity contribution in [2.75, 3.05) is 5.32 Å². The standard InChI is InChI=1S/C24H24ClNO2/c25-19-13-15-20(16-14-19)26-24(27)23(18-8-2-1-3-9-18)28-22-12-6-10-17-7-4-5-11-21(17)22/h4-7,10-16,18,23H,1-3,8-9H2,(H,26,27). The van der Waals surface area contributed by atoms with Crippen molar-refractivity contribution in [3.05, 3.63) is 71.8 Å². The lowest BCUT2D eigenvalue weighted by Crippen LogP contribution is -2.40. The van der Waals surface area contributed by atoms with Gasteiger partial charge in [0.2, 0.25) is 0 Å². The van der Waals surface area contributed by atoms with E-state index in [0.717, 1.165) is 47.9 Å². The van der Waals surface area contributed by atoms with E-state index >= 15 is 0 Å². The number of nitrogens with one attached hydrogen (secondary N) is 1. The fourth-order valence-electron chi connectivity index (χ4n) is 3.98. The molecule has 1 aliphatic carbocycles. The smallest absolute Gasteiger partial charge is 0.265 e. The lowest BCUT2D eigenvalue weighted by atomic mass is 9.84. The van der Waals surface area contributed by atoms with Crippen molar-refractivity contribution >= 4 is 34.0 Å². The third kappa shape index (κ3) is 4.31. The van der Waals surface area contributed by atoms with Crippen LogP contribution in [0.4, 0.5) is 5.69 Å². The molecule has 1 unspecified atom stereocenters. The van der Waals surface area contributed by atoms with Crippen LogP contribution in [0.3, 0.4) is 0 Å². The minimum Gasteiger partial charge on any atom is -0.480 e. The molecule has 1 saturated carbocycles. The zero-order valence-electron chi connectivity index (χ0n) is 15.7. The first kappa shape index (κ1) is 18.8. The summed E-state index contributed by atoms with van der Waals surface area (Å²) in [5, 5.41) is 5.80. The summed E-state index contributed by atoms with van der Waals surface area (Å²) < 4.78 is 6.39. The number of hydrogen-bond acceptors (Lipinski definition) is 2. The van der Waals surface area contributed by atoms with Crippen LogP contribution in [0.1, 0.15) is 32.1 Å². The molecule has 4 heteroatoms. The van der Waals surface area contributed by atoms with Gasteiger partial charge in [-0.1, -0.05) is 67.3 Å². The van der Waals surface area contributed by atoms with E-state index in [1.165, 1.54) is 6.42 Å². The number of ether oxygens (including phenoxy) is 1. The molecule has 0 bridgehead atoms. The fourth-order valence-corrected chi connectivity index (χ4v) is 4.11. The highest BCUT2D eigenvalue weighted by atomic mass is 35.5. The molecular formula is C24H24ClNO2. The molecule has 0 heterocycles. The van der Waals surface area contributed by atoms with Gasteiger partial charge < -0.3 is 10.1 Å². The molecule has 3 aromatic rings. The second-order valence-corrected chi connectivity index (χ2v) is 7.85. The van der Waals surface area contributed by atoms with Gasteiger partial charge >= 0.3 is 0 Å². The molecule has 3 aromatic carbocycles. The minimum absolute atomic E-state index is 0.0952. The van der Waals surface area contributed by atoms with Crippen molar-refractivity contribution in [1.29, 1.82) is 0 Å². The Hall–Kier alpha value is -2.52. The van der Waals surface area contributed by atoms with E-state index < -0.39 is 6.10 Å². The summed E-state index contributed by atoms with van der Waals surface area (Å²) >= 11 is 5.96. The van der Waals surface area contributed by atoms with E-state index in [-0.39, 0.29) is 11.8 Å². The Kier molecular flexibility index (Phi) is 5.82. The Morgan fingerprint density at radius 3 is 2.43 bits per heavy atom. The Morgan fingerprint density at radius 1 is 0.929 bits per heavy atom. The summed E-state index contributed by atoms with van der Waals surface area (Å²) in [5.41, 5.74) is 0.733. The highest BCUT2D eigenvalue weighted by Crippen LogP contribution is 2.32. The first-order chi connectivity index (χ1) is 13.7. The zero-order valence-corrected chi connectivity index (χ0v) is 16.5. The molecule has 0 spiro atoms. The van der Waals surface area contributed by atoms with E-state index in [1.807, 2.05) is 42.5 Å². The Bertz CT molecular complexity index is 943. The largest absolute Gasteiger partial charge is 0.480 e. The highest BCUT2D eigenvalue weighted by molar-refractivity contribution is 6.30. The Morgan fingerprint density at radius 2 is 1.64 bits per heavy atom. The van der Waals surface area contributed by atoms with E-state index in [4.69, 9.17) is 16.3 Å². The fraction of sp³-hybridized carbons (Fsp3) is 0.292. The summed E-state index contributed by atoms with van der Waals surface area (Å²) in [6.07, 6.45) is 5.05. The monoisotopic (exact) mass is 393 g/mol. The van der Waals surface area contributed by atoms with Gasteiger partial charge in [0, 0.05) is 22.0 Å². The van der Waals surface area contributed by atoms with Crippen LogP contribution < -0.4 is 10.1 Å². The molecule has 0 aliphatic heterocycles. The first-order valence-electron chi connectivity index (χ1n) is 9.91. The number of halogens is 1. The van der Waals surface area contributed by atoms with E-state index in [2.05, 4.69) is 17.4 Å². The molecule has 4 rings (SSSR count). The normalized spacial score (nSPS) is 15.9. The second-order valence-electron chi connectivity index (χ2n) is 7.41. The predicted molar refractivity (Wildman–Crippen MR) is 115 cm³/mol. The minimum atomic E-state index is -0.512. The lowest BCUT2D eigenvalue weighted by Gasteiger charge is -2.30. The van der Waals surface area contributed by atoms with Gasteiger partial charge in [0.15, 0.2) is 6.10 Å². The molecule has 1 amide bonds. The summed E-state index contributed by atoms with van der Waals surface area (Å²) in [4.78, 5) is 13.2. The van der Waals surface area contributed by atoms with Gasteiger partial charge in [-0.2, -0.15) is 0 Å². The van der Waals surface area contributed by atoms with Crippen LogP contribution in [-0.2, 0) is 4.79 Å². The number of carbonyl (C=O) groups excluding carboxylic acids is 1. The molecule has 0 radical (unpaired) electrons. The van der Waals surface area contributed by atoms with Crippen LogP contribution in [0.15, 0.2) is 66.7 Å². The molecule has 0 saturated heterocycles. The molecule has 1 fully saturated rings. The molecule has 1 aliphatic rings. The number of hydrogen-bond donors (Lipinski definition) is 1. The van der Waals surface area contributed by atoms with Crippen molar-refractivity contribution in [3.63, 3.8) is 0 Å². The van der Waals surface area contributed by atoms with E-state index in [1.54, 1.807) is 12.1 Å². The maximum Gasteiger partial charge on any atom is 0.265 e. The van der Waals surface area contributed by atoms with E-state index in [9.17, 15) is 4.79 Å². The van der Waals surface area contributed by atoms with Crippen LogP contribution in [-0.4, -0.2) is 12.0 Å². The predicted octanol–water partition coefficient (Wildman–Crippen LogP) is 6.46. The number of benzene rings is 3. The van der Waals surface area contributed by atoms with Gasteiger partial charge in [0.1, 0.15) is 5.75 Å². The van der Waals surface area contributed by atoms with Crippen LogP contribution in [0, 0.1) is 5.92 Å². The summed E-state index contributed by atoms with van der Waals surface area (Å²) in [7, 11) is 0. The van der Waals surface area contributed by atoms with E-state index in [0.29, 0.717) is 5.02 Å². The molecule has 1 N–H and O–H groups in total. The van der Waals surface area contributed by atoms with Crippen molar-refractivity contribution in [2.45, 2.75) is 38.2 Å². The second kappa shape index (κ2) is 8.66. The number of fused-ring (bicyclic) bond motifs is 1. The van der Waals surface area contributed by atoms with Crippen LogP contribution >= 0.6 is 11.6 Å². The number of rotatable bonds is 5. The van der Waals surface area contributed by atoms with Gasteiger partial charge in [0.05, 0.1) is 0 Å². The van der Waals surface area contributed by atoms with Crippen LogP contribution in [0.25, 0.3) is 10.8 Å². The molecule has 28 heavy (non-hydrogen) atoms. The van der Waals surface area contributed by atoms with Gasteiger partial charge in [0.25, 0.3) is 5.91 Å². The molecule has 0 aromatic heterocycles. The maximum absolute atomic E-state index is 13.2. The lowest BCUT2D eigenvalue weighted by molar-refractivity contribution is -0.125. The van der Waals surface area contributed by atoms with Crippen molar-refractivity contribution in [2.24, 2.45) is 5.92 Å². The summed E-state index contributed by atoms with van der Waals surface area (Å²) in [6, 6.07) is 21.3. The first-order valence-corrected chi connectivity index (χ1v) is 10.3. The van der Waals surface area contributed by atoms with Crippen LogP contribution in [0.5, 0.6) is 5.75 Å². The third-order valence-corrected chi connectivity index (χ3v) is 5.70. The SMILES string of the molecule is O=C(Nc1ccc(Cl)cc1)C(Oc1cccc2ccccc12)C1CCCCC1. The van der Waals surface area contributed by atoms with Gasteiger partial charge in [-0.25, -0.2) is 0 Å². The molecular weight excluding hydrogens is 370 g/mol. The third-order valence-electron chi connectivity index (χ3n) is 5.45. The topological polar surface area (TPSA) is 38.3 Å². The number of carbonyl (C=O) groups is 1. The highest BCUT2D eigenvalue weighted by Gasteiger charge is 2.32. The Labute approximate surface area is 170 Å². The molecule has 3 nitrogen and oxygen atoms in total. The van der Waals surface area contributed by atoms with Crippen molar-refractivity contribution < 1.29 is 9.53 Å². The van der Waals surface area contributed by atoms with Crippen molar-refractivity contribution in [1.82, 2.24) is 0 Å². The Balaban J connectivity index is 1.61. The van der Waals surface area contributed by atoms with Crippen molar-refractivity contribution in [3.8, 4) is 5.75 Å². The van der Waals surface area contributed by atoms with Gasteiger partial charge in [-0.3, -0.25) is 4.79 Å². The zero-order chi connectivity index (χ0) is 19.3.